The van der Waals surface area contributed by atoms with E-state index >= 15 is 0 Å². The number of esters is 1. The zero-order valence-electron chi connectivity index (χ0n) is 11.1. The molecule has 0 aliphatic carbocycles. The molecular formula is C11H22N4O2. The highest BCUT2D eigenvalue weighted by molar-refractivity contribution is 5.75. The highest BCUT2D eigenvalue weighted by Gasteiger charge is 2.25. The molecule has 0 rings (SSSR count). The van der Waals surface area contributed by atoms with Crippen molar-refractivity contribution in [2.45, 2.75) is 40.2 Å². The van der Waals surface area contributed by atoms with E-state index in [1.807, 2.05) is 0 Å². The van der Waals surface area contributed by atoms with Gasteiger partial charge >= 0.3 is 5.97 Å². The second kappa shape index (κ2) is 7.92. The fourth-order valence-electron chi connectivity index (χ4n) is 1.43. The highest BCUT2D eigenvalue weighted by Crippen LogP contribution is 2.21. The van der Waals surface area contributed by atoms with Crippen LogP contribution in [0.4, 0.5) is 0 Å². The Hall–Kier alpha value is -1.26. The Morgan fingerprint density at radius 3 is 2.65 bits per heavy atom. The SMILES string of the molecule is CCOC(=O)C(CC(C)(C)C)NCCN=[N+]=[N-]. The van der Waals surface area contributed by atoms with Crippen LogP contribution in [0.15, 0.2) is 5.11 Å². The largest absolute Gasteiger partial charge is 0.465 e. The first-order valence-electron chi connectivity index (χ1n) is 5.81. The topological polar surface area (TPSA) is 87.1 Å². The van der Waals surface area contributed by atoms with E-state index in [2.05, 4.69) is 36.1 Å². The van der Waals surface area contributed by atoms with Gasteiger partial charge in [-0.1, -0.05) is 25.9 Å². The van der Waals surface area contributed by atoms with Crippen molar-refractivity contribution in [1.29, 1.82) is 0 Å². The number of nitrogens with one attached hydrogen (secondary N) is 1. The van der Waals surface area contributed by atoms with Crippen molar-refractivity contribution in [3.63, 3.8) is 0 Å². The maximum Gasteiger partial charge on any atom is 0.323 e. The zero-order chi connectivity index (χ0) is 13.3. The molecule has 0 bridgehead atoms. The highest BCUT2D eigenvalue weighted by atomic mass is 16.5. The van der Waals surface area contributed by atoms with Gasteiger partial charge in [0.15, 0.2) is 0 Å². The van der Waals surface area contributed by atoms with Gasteiger partial charge in [-0.05, 0) is 24.3 Å². The van der Waals surface area contributed by atoms with Crippen molar-refractivity contribution < 1.29 is 9.53 Å². The van der Waals surface area contributed by atoms with Gasteiger partial charge in [0.25, 0.3) is 0 Å². The number of hydrogen-bond donors (Lipinski definition) is 1. The molecule has 6 nitrogen and oxygen atoms in total. The van der Waals surface area contributed by atoms with Crippen LogP contribution in [0, 0.1) is 5.41 Å². The van der Waals surface area contributed by atoms with Gasteiger partial charge in [0.1, 0.15) is 6.04 Å². The fraction of sp³-hybridized carbons (Fsp3) is 0.909. The number of rotatable bonds is 7. The summed E-state index contributed by atoms with van der Waals surface area (Å²) in [4.78, 5) is 14.4. The van der Waals surface area contributed by atoms with Crippen molar-refractivity contribution >= 4 is 5.97 Å². The van der Waals surface area contributed by atoms with Crippen LogP contribution in [0.2, 0.25) is 0 Å². The molecule has 0 aromatic rings. The molecule has 0 aliphatic heterocycles. The molecule has 0 fully saturated rings. The number of nitrogens with zero attached hydrogens (tertiary/aromatic N) is 3. The molecule has 0 amide bonds. The van der Waals surface area contributed by atoms with E-state index in [0.717, 1.165) is 0 Å². The van der Waals surface area contributed by atoms with E-state index < -0.39 is 0 Å². The van der Waals surface area contributed by atoms with Crippen molar-refractivity contribution in [3.8, 4) is 0 Å². The molecule has 0 spiro atoms. The maximum atomic E-state index is 11.7. The third kappa shape index (κ3) is 8.54. The third-order valence-corrected chi connectivity index (χ3v) is 2.05. The quantitative estimate of drug-likeness (QED) is 0.244. The molecule has 98 valence electrons. The average molecular weight is 242 g/mol. The summed E-state index contributed by atoms with van der Waals surface area (Å²) in [7, 11) is 0. The Balaban J connectivity index is 4.29. The van der Waals surface area contributed by atoms with Gasteiger partial charge in [0.2, 0.25) is 0 Å². The van der Waals surface area contributed by atoms with Crippen LogP contribution in [0.5, 0.6) is 0 Å². The second-order valence-corrected chi connectivity index (χ2v) is 4.98. The summed E-state index contributed by atoms with van der Waals surface area (Å²) in [6.45, 7) is 9.15. The number of carbonyl (C=O) groups is 1. The molecule has 0 saturated heterocycles. The smallest absolute Gasteiger partial charge is 0.323 e. The number of ether oxygens (including phenoxy) is 1. The minimum atomic E-state index is -0.344. The van der Waals surface area contributed by atoms with Crippen LogP contribution in [0.1, 0.15) is 34.1 Å². The lowest BCUT2D eigenvalue weighted by atomic mass is 9.88. The van der Waals surface area contributed by atoms with Crippen LogP contribution < -0.4 is 5.32 Å². The normalized spacial score (nSPS) is 12.7. The first kappa shape index (κ1) is 15.7. The van der Waals surface area contributed by atoms with Gasteiger partial charge in [-0.15, -0.1) is 0 Å². The predicted molar refractivity (Wildman–Crippen MR) is 66.5 cm³/mol. The Morgan fingerprint density at radius 1 is 1.53 bits per heavy atom. The first-order valence-corrected chi connectivity index (χ1v) is 5.81. The minimum absolute atomic E-state index is 0.0307. The summed E-state index contributed by atoms with van der Waals surface area (Å²) in [5.41, 5.74) is 8.18. The Bertz CT molecular complexity index is 280. The van der Waals surface area contributed by atoms with Gasteiger partial charge in [0, 0.05) is 18.0 Å². The van der Waals surface area contributed by atoms with Gasteiger partial charge < -0.3 is 10.1 Å². The molecule has 1 N–H and O–H groups in total. The molecule has 6 heteroatoms. The summed E-state index contributed by atoms with van der Waals surface area (Å²) in [5.74, 6) is -0.247. The maximum absolute atomic E-state index is 11.7. The van der Waals surface area contributed by atoms with Crippen molar-refractivity contribution in [2.24, 2.45) is 10.5 Å². The Morgan fingerprint density at radius 2 is 2.18 bits per heavy atom. The lowest BCUT2D eigenvalue weighted by molar-refractivity contribution is -0.146. The van der Waals surface area contributed by atoms with Crippen molar-refractivity contribution in [3.05, 3.63) is 10.4 Å². The van der Waals surface area contributed by atoms with E-state index in [-0.39, 0.29) is 17.4 Å². The molecule has 0 saturated carbocycles. The standard InChI is InChI=1S/C11H22N4O2/c1-5-17-10(16)9(8-11(2,3)4)13-6-7-14-15-12/h9,13H,5-8H2,1-4H3. The van der Waals surface area contributed by atoms with Gasteiger partial charge in [-0.2, -0.15) is 0 Å². The second-order valence-electron chi connectivity index (χ2n) is 4.98. The van der Waals surface area contributed by atoms with Gasteiger partial charge in [-0.3, -0.25) is 4.79 Å². The van der Waals surface area contributed by atoms with E-state index in [0.29, 0.717) is 26.1 Å². The summed E-state index contributed by atoms with van der Waals surface area (Å²) in [6, 6.07) is -0.344. The molecule has 0 heterocycles. The third-order valence-electron chi connectivity index (χ3n) is 2.05. The summed E-state index contributed by atoms with van der Waals surface area (Å²) < 4.78 is 5.00. The van der Waals surface area contributed by atoms with E-state index in [4.69, 9.17) is 10.3 Å². The minimum Gasteiger partial charge on any atom is -0.465 e. The lowest BCUT2D eigenvalue weighted by Gasteiger charge is -2.25. The van der Waals surface area contributed by atoms with E-state index in [1.54, 1.807) is 6.92 Å². The average Bonchev–Trinajstić information content (AvgIpc) is 2.21. The number of hydrogen-bond acceptors (Lipinski definition) is 4. The molecule has 0 aromatic heterocycles. The molecule has 1 unspecified atom stereocenters. The Kier molecular flexibility index (Phi) is 7.34. The van der Waals surface area contributed by atoms with Gasteiger partial charge in [-0.25, -0.2) is 0 Å². The zero-order valence-corrected chi connectivity index (χ0v) is 11.1. The lowest BCUT2D eigenvalue weighted by Crippen LogP contribution is -2.41. The first-order chi connectivity index (χ1) is 7.90. The Labute approximate surface area is 102 Å². The van der Waals surface area contributed by atoms with Crippen LogP contribution in [0.25, 0.3) is 10.4 Å². The predicted octanol–water partition coefficient (Wildman–Crippen LogP) is 2.25. The van der Waals surface area contributed by atoms with Crippen LogP contribution in [0.3, 0.4) is 0 Å². The molecule has 1 atom stereocenters. The molecule has 17 heavy (non-hydrogen) atoms. The van der Waals surface area contributed by atoms with Crippen LogP contribution >= 0.6 is 0 Å². The van der Waals surface area contributed by atoms with Crippen molar-refractivity contribution in [1.82, 2.24) is 5.32 Å². The van der Waals surface area contributed by atoms with E-state index in [9.17, 15) is 4.79 Å². The van der Waals surface area contributed by atoms with Crippen LogP contribution in [-0.2, 0) is 9.53 Å². The number of carbonyl (C=O) groups excluding carboxylic acids is 1. The molecular weight excluding hydrogens is 220 g/mol. The summed E-state index contributed by atoms with van der Waals surface area (Å²) >= 11 is 0. The number of azide groups is 1. The molecule has 0 radical (unpaired) electrons. The van der Waals surface area contributed by atoms with Crippen molar-refractivity contribution in [2.75, 3.05) is 19.7 Å². The van der Waals surface area contributed by atoms with Gasteiger partial charge in [0.05, 0.1) is 6.61 Å². The van der Waals surface area contributed by atoms with E-state index in [1.165, 1.54) is 0 Å². The summed E-state index contributed by atoms with van der Waals surface area (Å²) in [5, 5.41) is 6.47. The monoisotopic (exact) mass is 242 g/mol. The molecule has 0 aliphatic rings. The van der Waals surface area contributed by atoms with Crippen LogP contribution in [-0.4, -0.2) is 31.7 Å². The molecule has 0 aromatic carbocycles. The summed E-state index contributed by atoms with van der Waals surface area (Å²) in [6.07, 6.45) is 0.683. The fourth-order valence-corrected chi connectivity index (χ4v) is 1.43.